The van der Waals surface area contributed by atoms with Crippen molar-refractivity contribution >= 4 is 17.5 Å². The van der Waals surface area contributed by atoms with Crippen LogP contribution in [-0.4, -0.2) is 11.9 Å². The molecule has 1 rings (SSSR count). The van der Waals surface area contributed by atoms with E-state index in [4.69, 9.17) is 11.6 Å². The molecule has 0 aromatic heterocycles. The van der Waals surface area contributed by atoms with Crippen molar-refractivity contribution in [3.8, 4) is 0 Å². The second-order valence-electron chi connectivity index (χ2n) is 5.11. The third-order valence-corrected chi connectivity index (χ3v) is 3.15. The molecule has 1 aromatic rings. The Kier molecular flexibility index (Phi) is 5.15. The van der Waals surface area contributed by atoms with Gasteiger partial charge >= 0.3 is 0 Å². The van der Waals surface area contributed by atoms with E-state index in [0.29, 0.717) is 11.8 Å². The molecule has 0 atom stereocenters. The number of halogens is 2. The summed E-state index contributed by atoms with van der Waals surface area (Å²) in [5.41, 5.74) is 0.0331. The van der Waals surface area contributed by atoms with E-state index in [1.165, 1.54) is 12.1 Å². The number of amides is 1. The van der Waals surface area contributed by atoms with Gasteiger partial charge in [-0.3, -0.25) is 4.79 Å². The molecule has 100 valence electrons. The molecule has 0 bridgehead atoms. The van der Waals surface area contributed by atoms with Crippen molar-refractivity contribution in [2.45, 2.75) is 33.7 Å². The molecule has 0 aliphatic rings. The van der Waals surface area contributed by atoms with E-state index in [9.17, 15) is 9.18 Å². The van der Waals surface area contributed by atoms with Crippen LogP contribution in [0.5, 0.6) is 0 Å². The van der Waals surface area contributed by atoms with E-state index < -0.39 is 11.7 Å². The second kappa shape index (κ2) is 6.19. The average Bonchev–Trinajstić information content (AvgIpc) is 2.24. The lowest BCUT2D eigenvalue weighted by atomic mass is 9.93. The maximum absolute atomic E-state index is 13.6. The molecule has 0 fully saturated rings. The zero-order valence-corrected chi connectivity index (χ0v) is 11.9. The molecular formula is C14H19ClFNO. The molecule has 4 heteroatoms. The third-order valence-electron chi connectivity index (χ3n) is 2.91. The summed E-state index contributed by atoms with van der Waals surface area (Å²) in [6, 6.07) is 4.09. The first-order valence-corrected chi connectivity index (χ1v) is 6.46. The van der Waals surface area contributed by atoms with Crippen LogP contribution >= 0.6 is 11.6 Å². The average molecular weight is 272 g/mol. The predicted molar refractivity (Wildman–Crippen MR) is 72.3 cm³/mol. The lowest BCUT2D eigenvalue weighted by molar-refractivity contribution is 0.0906. The summed E-state index contributed by atoms with van der Waals surface area (Å²) in [5.74, 6) is -0.392. The summed E-state index contributed by atoms with van der Waals surface area (Å²) in [6.45, 7) is 8.12. The Hall–Kier alpha value is -1.09. The van der Waals surface area contributed by atoms with Gasteiger partial charge in [0.1, 0.15) is 5.82 Å². The van der Waals surface area contributed by atoms with Crippen molar-refractivity contribution in [2.24, 2.45) is 11.8 Å². The van der Waals surface area contributed by atoms with Crippen LogP contribution in [-0.2, 0) is 0 Å². The Morgan fingerprint density at radius 2 is 1.78 bits per heavy atom. The summed E-state index contributed by atoms with van der Waals surface area (Å²) >= 11 is 5.66. The topological polar surface area (TPSA) is 29.1 Å². The summed E-state index contributed by atoms with van der Waals surface area (Å²) in [7, 11) is 0. The summed E-state index contributed by atoms with van der Waals surface area (Å²) in [6.07, 6.45) is 0. The summed E-state index contributed by atoms with van der Waals surface area (Å²) < 4.78 is 13.6. The van der Waals surface area contributed by atoms with E-state index >= 15 is 0 Å². The van der Waals surface area contributed by atoms with Crippen molar-refractivity contribution in [2.75, 3.05) is 0 Å². The van der Waals surface area contributed by atoms with Crippen LogP contribution in [0.4, 0.5) is 4.39 Å². The number of rotatable bonds is 4. The van der Waals surface area contributed by atoms with Crippen LogP contribution in [0.3, 0.4) is 0 Å². The van der Waals surface area contributed by atoms with Crippen molar-refractivity contribution < 1.29 is 9.18 Å². The maximum Gasteiger partial charge on any atom is 0.254 e. The standard InChI is InChI=1S/C14H19ClFNO/c1-8(2)13(9(3)4)17-14(18)11-6-5-10(15)7-12(11)16/h5-9,13H,1-4H3,(H,17,18). The Bertz CT molecular complexity index is 424. The number of hydrogen-bond donors (Lipinski definition) is 1. The first-order valence-electron chi connectivity index (χ1n) is 6.08. The van der Waals surface area contributed by atoms with Gasteiger partial charge in [-0.05, 0) is 30.0 Å². The van der Waals surface area contributed by atoms with Gasteiger partial charge in [-0.25, -0.2) is 4.39 Å². The molecule has 18 heavy (non-hydrogen) atoms. The van der Waals surface area contributed by atoms with Gasteiger partial charge in [0.25, 0.3) is 5.91 Å². The quantitative estimate of drug-likeness (QED) is 0.884. The second-order valence-corrected chi connectivity index (χ2v) is 5.55. The van der Waals surface area contributed by atoms with Crippen LogP contribution < -0.4 is 5.32 Å². The minimum absolute atomic E-state index is 0.0209. The van der Waals surface area contributed by atoms with Crippen molar-refractivity contribution in [1.82, 2.24) is 5.32 Å². The van der Waals surface area contributed by atoms with Gasteiger partial charge < -0.3 is 5.32 Å². The number of benzene rings is 1. The van der Waals surface area contributed by atoms with Crippen LogP contribution in [0.15, 0.2) is 18.2 Å². The number of carbonyl (C=O) groups is 1. The highest BCUT2D eigenvalue weighted by Crippen LogP contribution is 2.17. The molecule has 1 amide bonds. The van der Waals surface area contributed by atoms with E-state index in [0.717, 1.165) is 6.07 Å². The molecule has 0 heterocycles. The van der Waals surface area contributed by atoms with E-state index in [-0.39, 0.29) is 16.6 Å². The van der Waals surface area contributed by atoms with Gasteiger partial charge in [0.05, 0.1) is 5.56 Å². The highest BCUT2D eigenvalue weighted by atomic mass is 35.5. The molecule has 2 nitrogen and oxygen atoms in total. The first-order chi connectivity index (χ1) is 8.32. The molecule has 0 saturated heterocycles. The molecule has 0 radical (unpaired) electrons. The highest BCUT2D eigenvalue weighted by Gasteiger charge is 2.21. The van der Waals surface area contributed by atoms with Crippen LogP contribution in [0.1, 0.15) is 38.1 Å². The molecule has 0 aliphatic carbocycles. The minimum atomic E-state index is -0.591. The van der Waals surface area contributed by atoms with Crippen molar-refractivity contribution in [1.29, 1.82) is 0 Å². The predicted octanol–water partition coefficient (Wildman–Crippen LogP) is 3.89. The summed E-state index contributed by atoms with van der Waals surface area (Å²) in [4.78, 5) is 12.0. The Balaban J connectivity index is 2.87. The van der Waals surface area contributed by atoms with Crippen LogP contribution in [0.25, 0.3) is 0 Å². The van der Waals surface area contributed by atoms with E-state index in [2.05, 4.69) is 5.32 Å². The number of carbonyl (C=O) groups excluding carboxylic acids is 1. The highest BCUT2D eigenvalue weighted by molar-refractivity contribution is 6.30. The fourth-order valence-electron chi connectivity index (χ4n) is 2.01. The summed E-state index contributed by atoms with van der Waals surface area (Å²) in [5, 5.41) is 3.16. The Morgan fingerprint density at radius 1 is 1.22 bits per heavy atom. The van der Waals surface area contributed by atoms with E-state index in [1.54, 1.807) is 0 Å². The van der Waals surface area contributed by atoms with Gasteiger partial charge in [0, 0.05) is 11.1 Å². The molecule has 0 saturated carbocycles. The van der Waals surface area contributed by atoms with Crippen LogP contribution in [0, 0.1) is 17.7 Å². The fraction of sp³-hybridized carbons (Fsp3) is 0.500. The SMILES string of the molecule is CC(C)C(NC(=O)c1ccc(Cl)cc1F)C(C)C. The first kappa shape index (κ1) is 15.0. The lowest BCUT2D eigenvalue weighted by Crippen LogP contribution is -2.42. The third kappa shape index (κ3) is 3.70. The normalized spacial score (nSPS) is 11.4. The monoisotopic (exact) mass is 271 g/mol. The van der Waals surface area contributed by atoms with Crippen molar-refractivity contribution in [3.63, 3.8) is 0 Å². The zero-order valence-electron chi connectivity index (χ0n) is 11.1. The largest absolute Gasteiger partial charge is 0.349 e. The fourth-order valence-corrected chi connectivity index (χ4v) is 2.16. The molecular weight excluding hydrogens is 253 g/mol. The minimum Gasteiger partial charge on any atom is -0.349 e. The van der Waals surface area contributed by atoms with Gasteiger partial charge in [-0.1, -0.05) is 39.3 Å². The molecule has 0 unspecified atom stereocenters. The smallest absolute Gasteiger partial charge is 0.254 e. The zero-order chi connectivity index (χ0) is 13.9. The lowest BCUT2D eigenvalue weighted by Gasteiger charge is -2.26. The van der Waals surface area contributed by atoms with Gasteiger partial charge in [-0.15, -0.1) is 0 Å². The molecule has 0 aliphatic heterocycles. The van der Waals surface area contributed by atoms with Gasteiger partial charge in [0.15, 0.2) is 0 Å². The number of nitrogens with one attached hydrogen (secondary N) is 1. The molecule has 0 spiro atoms. The Morgan fingerprint density at radius 3 is 2.22 bits per heavy atom. The molecule has 1 aromatic carbocycles. The van der Waals surface area contributed by atoms with Crippen molar-refractivity contribution in [3.05, 3.63) is 34.6 Å². The number of hydrogen-bond acceptors (Lipinski definition) is 1. The van der Waals surface area contributed by atoms with Crippen LogP contribution in [0.2, 0.25) is 5.02 Å². The Labute approximate surface area is 113 Å². The molecule has 1 N–H and O–H groups in total. The maximum atomic E-state index is 13.6. The van der Waals surface area contributed by atoms with Gasteiger partial charge in [0.2, 0.25) is 0 Å². The van der Waals surface area contributed by atoms with Gasteiger partial charge in [-0.2, -0.15) is 0 Å². The van der Waals surface area contributed by atoms with E-state index in [1.807, 2.05) is 27.7 Å².